The van der Waals surface area contributed by atoms with Gasteiger partial charge in [0.2, 0.25) is 0 Å². The van der Waals surface area contributed by atoms with Crippen molar-refractivity contribution in [3.63, 3.8) is 0 Å². The molecule has 0 bridgehead atoms. The van der Waals surface area contributed by atoms with Crippen molar-refractivity contribution in [2.75, 3.05) is 13.7 Å². The zero-order valence-electron chi connectivity index (χ0n) is 13.7. The summed E-state index contributed by atoms with van der Waals surface area (Å²) in [5.41, 5.74) is 4.35. The molecular formula is C19H23NO2. The second-order valence-corrected chi connectivity index (χ2v) is 5.31. The molecule has 116 valence electrons. The first-order valence-electron chi connectivity index (χ1n) is 7.56. The van der Waals surface area contributed by atoms with Crippen LogP contribution in [0.5, 0.6) is 11.5 Å². The SMILES string of the molecule is CCCOc1ccc(C=Nc2cc(C)ccc2C)cc1OC. The maximum Gasteiger partial charge on any atom is 0.161 e. The first-order valence-corrected chi connectivity index (χ1v) is 7.56. The summed E-state index contributed by atoms with van der Waals surface area (Å²) in [4.78, 5) is 4.58. The Kier molecular flexibility index (Phi) is 5.59. The van der Waals surface area contributed by atoms with Crippen molar-refractivity contribution >= 4 is 11.9 Å². The third kappa shape index (κ3) is 4.10. The Bertz CT molecular complexity index is 662. The summed E-state index contributed by atoms with van der Waals surface area (Å²) >= 11 is 0. The van der Waals surface area contributed by atoms with Crippen LogP contribution < -0.4 is 9.47 Å². The minimum absolute atomic E-state index is 0.687. The van der Waals surface area contributed by atoms with Crippen molar-refractivity contribution < 1.29 is 9.47 Å². The van der Waals surface area contributed by atoms with Crippen LogP contribution >= 0.6 is 0 Å². The number of aryl methyl sites for hydroxylation is 2. The molecular weight excluding hydrogens is 274 g/mol. The number of benzene rings is 2. The lowest BCUT2D eigenvalue weighted by Gasteiger charge is -2.10. The average molecular weight is 297 g/mol. The van der Waals surface area contributed by atoms with E-state index in [2.05, 4.69) is 44.0 Å². The maximum atomic E-state index is 5.66. The van der Waals surface area contributed by atoms with Crippen molar-refractivity contribution in [1.29, 1.82) is 0 Å². The van der Waals surface area contributed by atoms with Crippen LogP contribution in [0, 0.1) is 13.8 Å². The molecule has 0 aliphatic heterocycles. The molecule has 0 aliphatic rings. The second kappa shape index (κ2) is 7.64. The average Bonchev–Trinajstić information content (AvgIpc) is 2.54. The molecule has 0 atom stereocenters. The standard InChI is InChI=1S/C19H23NO2/c1-5-10-22-18-9-8-16(12-19(18)21-4)13-20-17-11-14(2)6-7-15(17)3/h6-9,11-13H,5,10H2,1-4H3. The van der Waals surface area contributed by atoms with Crippen molar-refractivity contribution in [2.45, 2.75) is 27.2 Å². The van der Waals surface area contributed by atoms with E-state index in [0.717, 1.165) is 34.7 Å². The van der Waals surface area contributed by atoms with Gasteiger partial charge in [0.05, 0.1) is 19.4 Å². The number of nitrogens with zero attached hydrogens (tertiary/aromatic N) is 1. The fourth-order valence-corrected chi connectivity index (χ4v) is 2.10. The number of methoxy groups -OCH3 is 1. The Balaban J connectivity index is 2.22. The van der Waals surface area contributed by atoms with Gasteiger partial charge in [0.1, 0.15) is 0 Å². The monoisotopic (exact) mass is 297 g/mol. The number of rotatable bonds is 6. The maximum absolute atomic E-state index is 5.66. The smallest absolute Gasteiger partial charge is 0.161 e. The van der Waals surface area contributed by atoms with Gasteiger partial charge >= 0.3 is 0 Å². The molecule has 2 aromatic carbocycles. The fraction of sp³-hybridized carbons (Fsp3) is 0.316. The lowest BCUT2D eigenvalue weighted by atomic mass is 10.1. The minimum Gasteiger partial charge on any atom is -0.493 e. The molecule has 0 saturated carbocycles. The van der Waals surface area contributed by atoms with E-state index in [0.29, 0.717) is 6.61 Å². The summed E-state index contributed by atoms with van der Waals surface area (Å²) in [6.45, 7) is 6.90. The number of aliphatic imine (C=N–C) groups is 1. The van der Waals surface area contributed by atoms with E-state index in [1.165, 1.54) is 5.56 Å². The first-order chi connectivity index (χ1) is 10.6. The molecule has 2 aromatic rings. The molecule has 0 aromatic heterocycles. The highest BCUT2D eigenvalue weighted by Gasteiger charge is 2.04. The summed E-state index contributed by atoms with van der Waals surface area (Å²) in [5.74, 6) is 1.51. The van der Waals surface area contributed by atoms with Gasteiger partial charge in [-0.05, 0) is 61.2 Å². The topological polar surface area (TPSA) is 30.8 Å². The molecule has 0 saturated heterocycles. The highest BCUT2D eigenvalue weighted by Crippen LogP contribution is 2.28. The predicted octanol–water partition coefficient (Wildman–Crippen LogP) is 4.85. The number of ether oxygens (including phenoxy) is 2. The molecule has 0 aliphatic carbocycles. The van der Waals surface area contributed by atoms with Gasteiger partial charge in [-0.2, -0.15) is 0 Å². The van der Waals surface area contributed by atoms with Gasteiger partial charge in [0.15, 0.2) is 11.5 Å². The zero-order valence-corrected chi connectivity index (χ0v) is 13.7. The van der Waals surface area contributed by atoms with Crippen LogP contribution in [0.3, 0.4) is 0 Å². The normalized spacial score (nSPS) is 10.9. The Morgan fingerprint density at radius 3 is 2.59 bits per heavy atom. The highest BCUT2D eigenvalue weighted by molar-refractivity contribution is 5.83. The van der Waals surface area contributed by atoms with Crippen LogP contribution in [0.25, 0.3) is 0 Å². The van der Waals surface area contributed by atoms with Crippen LogP contribution in [0.4, 0.5) is 5.69 Å². The van der Waals surface area contributed by atoms with Crippen LogP contribution in [0.15, 0.2) is 41.4 Å². The first kappa shape index (κ1) is 16.1. The Hall–Kier alpha value is -2.29. The summed E-state index contributed by atoms with van der Waals surface area (Å²) in [6.07, 6.45) is 2.83. The molecule has 0 heterocycles. The Labute approximate surface area is 132 Å². The van der Waals surface area contributed by atoms with Crippen LogP contribution in [-0.4, -0.2) is 19.9 Å². The highest BCUT2D eigenvalue weighted by atomic mass is 16.5. The lowest BCUT2D eigenvalue weighted by molar-refractivity contribution is 0.294. The van der Waals surface area contributed by atoms with E-state index in [-0.39, 0.29) is 0 Å². The van der Waals surface area contributed by atoms with Gasteiger partial charge < -0.3 is 9.47 Å². The zero-order chi connectivity index (χ0) is 15.9. The molecule has 2 rings (SSSR count). The summed E-state index contributed by atoms with van der Waals surface area (Å²) in [7, 11) is 1.65. The summed E-state index contributed by atoms with van der Waals surface area (Å²) in [6, 6.07) is 12.1. The molecule has 3 heteroatoms. The molecule has 0 fully saturated rings. The molecule has 0 unspecified atom stereocenters. The van der Waals surface area contributed by atoms with Crippen LogP contribution in [0.1, 0.15) is 30.0 Å². The van der Waals surface area contributed by atoms with E-state index in [9.17, 15) is 0 Å². The van der Waals surface area contributed by atoms with Crippen molar-refractivity contribution in [2.24, 2.45) is 4.99 Å². The second-order valence-electron chi connectivity index (χ2n) is 5.31. The summed E-state index contributed by atoms with van der Waals surface area (Å²) < 4.78 is 11.1. The van der Waals surface area contributed by atoms with E-state index >= 15 is 0 Å². The van der Waals surface area contributed by atoms with E-state index in [1.807, 2.05) is 24.4 Å². The molecule has 0 amide bonds. The van der Waals surface area contributed by atoms with Gasteiger partial charge in [0, 0.05) is 6.21 Å². The summed E-state index contributed by atoms with van der Waals surface area (Å²) in [5, 5.41) is 0. The van der Waals surface area contributed by atoms with Gasteiger partial charge in [-0.3, -0.25) is 4.99 Å². The fourth-order valence-electron chi connectivity index (χ4n) is 2.10. The van der Waals surface area contributed by atoms with Crippen molar-refractivity contribution in [3.8, 4) is 11.5 Å². The van der Waals surface area contributed by atoms with Gasteiger partial charge in [0.25, 0.3) is 0 Å². The largest absolute Gasteiger partial charge is 0.493 e. The van der Waals surface area contributed by atoms with Gasteiger partial charge in [-0.1, -0.05) is 19.1 Å². The van der Waals surface area contributed by atoms with Crippen LogP contribution in [-0.2, 0) is 0 Å². The number of hydrogen-bond donors (Lipinski definition) is 0. The van der Waals surface area contributed by atoms with E-state index in [1.54, 1.807) is 7.11 Å². The minimum atomic E-state index is 0.687. The van der Waals surface area contributed by atoms with Crippen molar-refractivity contribution in [1.82, 2.24) is 0 Å². The Morgan fingerprint density at radius 2 is 1.86 bits per heavy atom. The lowest BCUT2D eigenvalue weighted by Crippen LogP contribution is -1.98. The molecule has 0 radical (unpaired) electrons. The third-order valence-corrected chi connectivity index (χ3v) is 3.37. The molecule has 0 spiro atoms. The van der Waals surface area contributed by atoms with Crippen molar-refractivity contribution in [3.05, 3.63) is 53.1 Å². The quantitative estimate of drug-likeness (QED) is 0.713. The predicted molar refractivity (Wildman–Crippen MR) is 92.0 cm³/mol. The molecule has 0 N–H and O–H groups in total. The van der Waals surface area contributed by atoms with E-state index < -0.39 is 0 Å². The van der Waals surface area contributed by atoms with Crippen LogP contribution in [0.2, 0.25) is 0 Å². The Morgan fingerprint density at radius 1 is 1.05 bits per heavy atom. The van der Waals surface area contributed by atoms with E-state index in [4.69, 9.17) is 9.47 Å². The molecule has 3 nitrogen and oxygen atoms in total. The molecule has 22 heavy (non-hydrogen) atoms. The van der Waals surface area contributed by atoms with Gasteiger partial charge in [-0.15, -0.1) is 0 Å². The van der Waals surface area contributed by atoms with Gasteiger partial charge in [-0.25, -0.2) is 0 Å². The third-order valence-electron chi connectivity index (χ3n) is 3.37. The number of hydrogen-bond acceptors (Lipinski definition) is 3.